The maximum Gasteiger partial charge on any atom is 0.352 e. The Morgan fingerprint density at radius 2 is 1.65 bits per heavy atom. The molecule has 1 atom stereocenters. The van der Waals surface area contributed by atoms with E-state index in [0.29, 0.717) is 0 Å². The van der Waals surface area contributed by atoms with Crippen molar-refractivity contribution in [1.82, 2.24) is 0 Å². The summed E-state index contributed by atoms with van der Waals surface area (Å²) in [5.41, 5.74) is 1.68. The number of benzene rings is 2. The first-order valence-electron chi connectivity index (χ1n) is 6.33. The molecule has 3 nitrogen and oxygen atoms in total. The third-order valence-electron chi connectivity index (χ3n) is 2.77. The SMILES string of the molecule is C=CO[C@@H](C(=O)OCc1ccccc1)c1ccccc1. The molecule has 20 heavy (non-hydrogen) atoms. The molecule has 0 fully saturated rings. The standard InChI is InChI=1S/C17H16O3/c1-2-19-16(15-11-7-4-8-12-15)17(18)20-13-14-9-5-3-6-10-14/h2-12,16H,1,13H2/t16-/m1/s1. The minimum Gasteiger partial charge on any atom is -0.482 e. The van der Waals surface area contributed by atoms with Crippen LogP contribution in [0.25, 0.3) is 0 Å². The van der Waals surface area contributed by atoms with Gasteiger partial charge in [-0.05, 0) is 5.56 Å². The molecule has 0 N–H and O–H groups in total. The van der Waals surface area contributed by atoms with Gasteiger partial charge in [-0.1, -0.05) is 67.2 Å². The van der Waals surface area contributed by atoms with Crippen molar-refractivity contribution in [3.8, 4) is 0 Å². The smallest absolute Gasteiger partial charge is 0.352 e. The first-order chi connectivity index (χ1) is 9.81. The van der Waals surface area contributed by atoms with Crippen molar-refractivity contribution in [2.45, 2.75) is 12.7 Å². The zero-order chi connectivity index (χ0) is 14.2. The quantitative estimate of drug-likeness (QED) is 0.593. The van der Waals surface area contributed by atoms with Gasteiger partial charge in [-0.15, -0.1) is 0 Å². The average molecular weight is 268 g/mol. The molecular weight excluding hydrogens is 252 g/mol. The molecule has 0 aliphatic rings. The summed E-state index contributed by atoms with van der Waals surface area (Å²) in [4.78, 5) is 12.1. The number of ether oxygens (including phenoxy) is 2. The monoisotopic (exact) mass is 268 g/mol. The van der Waals surface area contributed by atoms with Crippen LogP contribution in [0.15, 0.2) is 73.5 Å². The molecule has 2 aromatic carbocycles. The van der Waals surface area contributed by atoms with E-state index in [9.17, 15) is 4.79 Å². The van der Waals surface area contributed by atoms with Gasteiger partial charge in [-0.2, -0.15) is 0 Å². The molecular formula is C17H16O3. The normalized spacial score (nSPS) is 11.4. The molecule has 0 unspecified atom stereocenters. The predicted molar refractivity (Wildman–Crippen MR) is 76.7 cm³/mol. The van der Waals surface area contributed by atoms with Crippen molar-refractivity contribution in [3.05, 3.63) is 84.6 Å². The van der Waals surface area contributed by atoms with Crippen molar-refractivity contribution in [3.63, 3.8) is 0 Å². The van der Waals surface area contributed by atoms with Crippen LogP contribution in [0.5, 0.6) is 0 Å². The first kappa shape index (κ1) is 13.9. The highest BCUT2D eigenvalue weighted by Crippen LogP contribution is 2.19. The van der Waals surface area contributed by atoms with Gasteiger partial charge in [0.05, 0.1) is 6.26 Å². The fourth-order valence-corrected chi connectivity index (χ4v) is 1.80. The number of carbonyl (C=O) groups excluding carboxylic acids is 1. The van der Waals surface area contributed by atoms with Gasteiger partial charge in [0.1, 0.15) is 6.61 Å². The lowest BCUT2D eigenvalue weighted by Crippen LogP contribution is -2.17. The Labute approximate surface area is 118 Å². The highest BCUT2D eigenvalue weighted by molar-refractivity contribution is 5.76. The van der Waals surface area contributed by atoms with E-state index >= 15 is 0 Å². The fraction of sp³-hybridized carbons (Fsp3) is 0.118. The Morgan fingerprint density at radius 3 is 2.25 bits per heavy atom. The largest absolute Gasteiger partial charge is 0.482 e. The number of rotatable bonds is 6. The first-order valence-corrected chi connectivity index (χ1v) is 6.33. The second-order valence-electron chi connectivity index (χ2n) is 4.19. The Bertz CT molecular complexity index is 549. The topological polar surface area (TPSA) is 35.5 Å². The molecule has 0 heterocycles. The third kappa shape index (κ3) is 3.72. The predicted octanol–water partition coefficient (Wildman–Crippen LogP) is 3.63. The van der Waals surface area contributed by atoms with Gasteiger partial charge in [0.2, 0.25) is 6.10 Å². The van der Waals surface area contributed by atoms with Crippen LogP contribution in [-0.2, 0) is 20.9 Å². The van der Waals surface area contributed by atoms with Crippen LogP contribution >= 0.6 is 0 Å². The van der Waals surface area contributed by atoms with E-state index in [1.54, 1.807) is 0 Å². The summed E-state index contributed by atoms with van der Waals surface area (Å²) in [6, 6.07) is 18.7. The summed E-state index contributed by atoms with van der Waals surface area (Å²) < 4.78 is 10.6. The molecule has 102 valence electrons. The van der Waals surface area contributed by atoms with Crippen molar-refractivity contribution in [2.75, 3.05) is 0 Å². The van der Waals surface area contributed by atoms with Crippen molar-refractivity contribution < 1.29 is 14.3 Å². The zero-order valence-electron chi connectivity index (χ0n) is 11.1. The number of esters is 1. The minimum atomic E-state index is -0.780. The minimum absolute atomic E-state index is 0.226. The van der Waals surface area contributed by atoms with Crippen LogP contribution in [0.3, 0.4) is 0 Å². The lowest BCUT2D eigenvalue weighted by Gasteiger charge is -2.15. The molecule has 0 amide bonds. The van der Waals surface area contributed by atoms with Gasteiger partial charge in [-0.25, -0.2) is 4.79 Å². The van der Waals surface area contributed by atoms with Crippen LogP contribution in [0, 0.1) is 0 Å². The molecule has 2 aromatic rings. The van der Waals surface area contributed by atoms with E-state index in [2.05, 4.69) is 6.58 Å². The van der Waals surface area contributed by atoms with Gasteiger partial charge in [0, 0.05) is 5.56 Å². The molecule has 0 bridgehead atoms. The van der Waals surface area contributed by atoms with Crippen molar-refractivity contribution >= 4 is 5.97 Å². The summed E-state index contributed by atoms with van der Waals surface area (Å²) in [5, 5.41) is 0. The lowest BCUT2D eigenvalue weighted by molar-refractivity contribution is -0.155. The van der Waals surface area contributed by atoms with Crippen LogP contribution in [-0.4, -0.2) is 5.97 Å². The Morgan fingerprint density at radius 1 is 1.05 bits per heavy atom. The molecule has 0 radical (unpaired) electrons. The van der Waals surface area contributed by atoms with Crippen LogP contribution < -0.4 is 0 Å². The molecule has 2 rings (SSSR count). The third-order valence-corrected chi connectivity index (χ3v) is 2.77. The van der Waals surface area contributed by atoms with Gasteiger partial charge in [0.15, 0.2) is 0 Å². The highest BCUT2D eigenvalue weighted by Gasteiger charge is 2.22. The van der Waals surface area contributed by atoms with Gasteiger partial charge >= 0.3 is 5.97 Å². The van der Waals surface area contributed by atoms with E-state index in [1.165, 1.54) is 6.26 Å². The van der Waals surface area contributed by atoms with E-state index in [-0.39, 0.29) is 6.61 Å². The lowest BCUT2D eigenvalue weighted by atomic mass is 10.1. The number of hydrogen-bond acceptors (Lipinski definition) is 3. The molecule has 3 heteroatoms. The zero-order valence-corrected chi connectivity index (χ0v) is 11.1. The van der Waals surface area contributed by atoms with Crippen molar-refractivity contribution in [1.29, 1.82) is 0 Å². The van der Waals surface area contributed by atoms with Crippen LogP contribution in [0.2, 0.25) is 0 Å². The maximum absolute atomic E-state index is 12.1. The van der Waals surface area contributed by atoms with Gasteiger partial charge < -0.3 is 9.47 Å². The molecule has 0 saturated heterocycles. The van der Waals surface area contributed by atoms with Crippen LogP contribution in [0.1, 0.15) is 17.2 Å². The number of carbonyl (C=O) groups is 1. The van der Waals surface area contributed by atoms with E-state index < -0.39 is 12.1 Å². The molecule has 0 aliphatic heterocycles. The summed E-state index contributed by atoms with van der Waals surface area (Å²) in [5.74, 6) is -0.431. The molecule has 0 saturated carbocycles. The second-order valence-corrected chi connectivity index (χ2v) is 4.19. The Kier molecular flexibility index (Phi) is 4.95. The van der Waals surface area contributed by atoms with Gasteiger partial charge in [-0.3, -0.25) is 0 Å². The summed E-state index contributed by atoms with van der Waals surface area (Å²) in [6.07, 6.45) is 0.471. The molecule has 0 aliphatic carbocycles. The van der Waals surface area contributed by atoms with E-state index in [1.807, 2.05) is 60.7 Å². The number of hydrogen-bond donors (Lipinski definition) is 0. The Hall–Kier alpha value is -2.55. The fourth-order valence-electron chi connectivity index (χ4n) is 1.80. The highest BCUT2D eigenvalue weighted by atomic mass is 16.6. The molecule has 0 spiro atoms. The van der Waals surface area contributed by atoms with Crippen molar-refractivity contribution in [2.24, 2.45) is 0 Å². The Balaban J connectivity index is 2.02. The maximum atomic E-state index is 12.1. The van der Waals surface area contributed by atoms with E-state index in [4.69, 9.17) is 9.47 Å². The second kappa shape index (κ2) is 7.14. The summed E-state index contributed by atoms with van der Waals surface area (Å²) in [7, 11) is 0. The van der Waals surface area contributed by atoms with Crippen LogP contribution in [0.4, 0.5) is 0 Å². The van der Waals surface area contributed by atoms with Gasteiger partial charge in [0.25, 0.3) is 0 Å². The summed E-state index contributed by atoms with van der Waals surface area (Å²) >= 11 is 0. The average Bonchev–Trinajstić information content (AvgIpc) is 2.52. The van der Waals surface area contributed by atoms with E-state index in [0.717, 1.165) is 11.1 Å². The molecule has 0 aromatic heterocycles. The summed E-state index contributed by atoms with van der Waals surface area (Å²) in [6.45, 7) is 3.72.